The number of nitrogens with one attached hydrogen (secondary N) is 4. The number of alkyl halides is 2. The Balaban J connectivity index is 0.699. The van der Waals surface area contributed by atoms with Gasteiger partial charge in [-0.25, -0.2) is 23.3 Å². The number of hydrogen-bond donors (Lipinski definition) is 4. The molecule has 3 aliphatic heterocycles. The summed E-state index contributed by atoms with van der Waals surface area (Å²) in [6.07, 6.45) is 7.45. The minimum atomic E-state index is -2.88. The first kappa shape index (κ1) is 43.4. The summed E-state index contributed by atoms with van der Waals surface area (Å²) in [5.41, 5.74) is 1.86. The number of carbonyl (C=O) groups excluding carboxylic acids is 5. The van der Waals surface area contributed by atoms with Crippen molar-refractivity contribution >= 4 is 52.4 Å². The summed E-state index contributed by atoms with van der Waals surface area (Å²) >= 11 is 0. The van der Waals surface area contributed by atoms with Crippen molar-refractivity contribution in [2.45, 2.75) is 70.0 Å². The van der Waals surface area contributed by atoms with Gasteiger partial charge in [0.25, 0.3) is 24.1 Å². The maximum atomic E-state index is 14.2. The van der Waals surface area contributed by atoms with Gasteiger partial charge in [0.15, 0.2) is 11.3 Å². The molecule has 0 bridgehead atoms. The van der Waals surface area contributed by atoms with Crippen LogP contribution in [0.25, 0.3) is 5.65 Å². The van der Waals surface area contributed by atoms with Crippen LogP contribution in [0.3, 0.4) is 0 Å². The lowest BCUT2D eigenvalue weighted by atomic mass is 9.86. The molecule has 340 valence electrons. The molecule has 1 atom stereocenters. The highest BCUT2D eigenvalue weighted by Crippen LogP contribution is 2.36. The fourth-order valence-corrected chi connectivity index (χ4v) is 8.80. The predicted molar refractivity (Wildman–Crippen MR) is 230 cm³/mol. The minimum absolute atomic E-state index is 0.0356. The van der Waals surface area contributed by atoms with Gasteiger partial charge in [0, 0.05) is 62.9 Å². The third-order valence-electron chi connectivity index (χ3n) is 12.3. The van der Waals surface area contributed by atoms with Crippen LogP contribution in [0.4, 0.5) is 26.0 Å². The van der Waals surface area contributed by atoms with Crippen molar-refractivity contribution < 1.29 is 42.2 Å². The average Bonchev–Trinajstić information content (AvgIpc) is 4.01. The number of fused-ring (bicyclic) bond motifs is 2. The summed E-state index contributed by atoms with van der Waals surface area (Å²) in [5.74, 6) is -1.26. The second kappa shape index (κ2) is 19.1. The zero-order valence-corrected chi connectivity index (χ0v) is 35.4. The highest BCUT2D eigenvalue weighted by molar-refractivity contribution is 6.25. The molecule has 1 aliphatic carbocycles. The molecule has 4 aliphatic rings. The number of aromatic nitrogens is 6. The van der Waals surface area contributed by atoms with E-state index in [1.807, 2.05) is 12.1 Å². The maximum absolute atomic E-state index is 14.2. The van der Waals surface area contributed by atoms with Gasteiger partial charge in [0.1, 0.15) is 17.4 Å². The summed E-state index contributed by atoms with van der Waals surface area (Å²) in [5, 5.41) is 20.0. The lowest BCUT2D eigenvalue weighted by Gasteiger charge is -2.29. The first-order chi connectivity index (χ1) is 31.6. The minimum Gasteiger partial charge on any atom is -0.478 e. The number of morpholine rings is 1. The third-order valence-corrected chi connectivity index (χ3v) is 12.3. The number of nitrogens with zero attached hydrogens (tertiary/aromatic N) is 8. The smallest absolute Gasteiger partial charge is 0.284 e. The molecule has 0 radical (unpaired) electrons. The van der Waals surface area contributed by atoms with Gasteiger partial charge in [-0.15, -0.1) is 0 Å². The van der Waals surface area contributed by atoms with Gasteiger partial charge in [-0.3, -0.25) is 38.9 Å². The van der Waals surface area contributed by atoms with Gasteiger partial charge in [0.2, 0.25) is 17.7 Å². The van der Waals surface area contributed by atoms with E-state index in [1.54, 1.807) is 41.3 Å². The molecule has 1 aromatic carbocycles. The highest BCUT2D eigenvalue weighted by atomic mass is 19.3. The Morgan fingerprint density at radius 3 is 2.57 bits per heavy atom. The molecule has 19 nitrogen and oxygen atoms in total. The number of ether oxygens (including phenoxy) is 2. The number of piperidine rings is 1. The molecule has 4 N–H and O–H groups in total. The summed E-state index contributed by atoms with van der Waals surface area (Å²) in [6, 6.07) is 9.38. The van der Waals surface area contributed by atoms with E-state index in [0.717, 1.165) is 42.7 Å². The van der Waals surface area contributed by atoms with Crippen molar-refractivity contribution in [1.29, 1.82) is 0 Å². The fraction of sp³-hybridized carbons (Fsp3) is 0.432. The van der Waals surface area contributed by atoms with Crippen molar-refractivity contribution in [3.8, 4) is 5.88 Å². The number of halogens is 2. The maximum Gasteiger partial charge on any atom is 0.284 e. The van der Waals surface area contributed by atoms with E-state index in [2.05, 4.69) is 46.3 Å². The Bertz CT molecular complexity index is 2590. The largest absolute Gasteiger partial charge is 0.478 e. The standard InChI is InChI=1S/C44H48F2N12O7/c45-39(46)38-32(51-41(60)30-24-50-56-15-13-34(52-40(30)56)55-16-19-64-20-17-55)25-57(54-38)28-8-5-26(6-9-28)21-47-22-27-7-12-36(49-23-27)65-18-2-14-48-31-4-1-3-29-37(31)44(63)58(43(29)62)33-10-11-35(59)53-42(33)61/h1,3-4,7,12-13,15,23-26,28,33,39,47-48H,2,5-6,8-11,14,16-22H2,(H,51,60)(H,53,59,61). The lowest BCUT2D eigenvalue weighted by Crippen LogP contribution is -2.54. The van der Waals surface area contributed by atoms with Gasteiger partial charge in [0.05, 0.1) is 48.9 Å². The number of rotatable bonds is 16. The van der Waals surface area contributed by atoms with Crippen LogP contribution in [0, 0.1) is 5.92 Å². The van der Waals surface area contributed by atoms with Crippen molar-refractivity contribution in [1.82, 2.24) is 44.9 Å². The average molecular weight is 895 g/mol. The molecule has 3 fully saturated rings. The molecular formula is C44H48F2N12O7. The van der Waals surface area contributed by atoms with Gasteiger partial charge in [-0.1, -0.05) is 12.1 Å². The van der Waals surface area contributed by atoms with E-state index in [9.17, 15) is 32.8 Å². The summed E-state index contributed by atoms with van der Waals surface area (Å²) < 4.78 is 42.7. The Kier molecular flexibility index (Phi) is 12.7. The van der Waals surface area contributed by atoms with Crippen LogP contribution in [-0.4, -0.2) is 116 Å². The van der Waals surface area contributed by atoms with Crippen LogP contribution in [-0.2, 0) is 20.9 Å². The molecule has 5 amide bonds. The van der Waals surface area contributed by atoms with E-state index in [4.69, 9.17) is 9.47 Å². The highest BCUT2D eigenvalue weighted by Gasteiger charge is 2.45. The molecular weight excluding hydrogens is 847 g/mol. The molecule has 5 aromatic rings. The zero-order valence-electron chi connectivity index (χ0n) is 35.4. The number of amides is 5. The van der Waals surface area contributed by atoms with Crippen LogP contribution in [0.2, 0.25) is 0 Å². The second-order valence-electron chi connectivity index (χ2n) is 16.5. The van der Waals surface area contributed by atoms with E-state index >= 15 is 0 Å². The molecule has 1 unspecified atom stereocenters. The number of benzene rings is 1. The summed E-state index contributed by atoms with van der Waals surface area (Å²) in [4.78, 5) is 76.0. The monoisotopic (exact) mass is 894 g/mol. The topological polar surface area (TPSA) is 219 Å². The third kappa shape index (κ3) is 9.37. The SMILES string of the molecule is O=C1CCC(N2C(=O)c3cccc(NCCCOc4ccc(CNCC5CCC(n6cc(NC(=O)c7cnn8ccc(N9CCOCC9)nc78)c(C(F)F)n6)CC5)cn4)c3C2=O)C(=O)N1. The number of carbonyl (C=O) groups is 5. The molecule has 4 aromatic heterocycles. The van der Waals surface area contributed by atoms with E-state index < -0.39 is 47.7 Å². The number of hydrogen-bond acceptors (Lipinski definition) is 14. The molecule has 65 heavy (non-hydrogen) atoms. The molecule has 2 saturated heterocycles. The van der Waals surface area contributed by atoms with Crippen LogP contribution < -0.4 is 30.9 Å². The second-order valence-corrected chi connectivity index (χ2v) is 16.5. The Morgan fingerprint density at radius 2 is 1.80 bits per heavy atom. The summed E-state index contributed by atoms with van der Waals surface area (Å²) in [7, 11) is 0. The number of imide groups is 2. The Morgan fingerprint density at radius 1 is 0.969 bits per heavy atom. The number of pyridine rings is 1. The van der Waals surface area contributed by atoms with Gasteiger partial charge in [-0.2, -0.15) is 10.2 Å². The molecule has 0 spiro atoms. The summed E-state index contributed by atoms with van der Waals surface area (Å²) in [6.45, 7) is 4.66. The Labute approximate surface area is 371 Å². The van der Waals surface area contributed by atoms with E-state index in [-0.39, 0.29) is 41.3 Å². The zero-order chi connectivity index (χ0) is 45.0. The lowest BCUT2D eigenvalue weighted by molar-refractivity contribution is -0.136. The van der Waals surface area contributed by atoms with Crippen molar-refractivity contribution in [2.24, 2.45) is 5.92 Å². The van der Waals surface area contributed by atoms with Crippen LogP contribution in [0.5, 0.6) is 5.88 Å². The molecule has 21 heteroatoms. The normalized spacial score (nSPS) is 20.1. The van der Waals surface area contributed by atoms with Crippen LogP contribution in [0.1, 0.15) is 99.7 Å². The van der Waals surface area contributed by atoms with Crippen LogP contribution in [0.15, 0.2) is 61.2 Å². The van der Waals surface area contributed by atoms with Crippen molar-refractivity contribution in [2.75, 3.05) is 61.5 Å². The van der Waals surface area contributed by atoms with Gasteiger partial charge >= 0.3 is 0 Å². The quantitative estimate of drug-likeness (QED) is 0.0809. The first-order valence-corrected chi connectivity index (χ1v) is 21.8. The van der Waals surface area contributed by atoms with Crippen LogP contribution >= 0.6 is 0 Å². The van der Waals surface area contributed by atoms with E-state index in [1.165, 1.54) is 16.9 Å². The van der Waals surface area contributed by atoms with Crippen molar-refractivity contribution in [3.63, 3.8) is 0 Å². The van der Waals surface area contributed by atoms with Gasteiger partial charge < -0.3 is 30.3 Å². The van der Waals surface area contributed by atoms with Crippen molar-refractivity contribution in [3.05, 3.63) is 89.1 Å². The van der Waals surface area contributed by atoms with E-state index in [0.29, 0.717) is 81.4 Å². The first-order valence-electron chi connectivity index (χ1n) is 21.8. The number of anilines is 3. The molecule has 9 rings (SSSR count). The Hall–Kier alpha value is -6.87. The fourth-order valence-electron chi connectivity index (χ4n) is 8.80. The predicted octanol–water partition coefficient (Wildman–Crippen LogP) is 4.15. The van der Waals surface area contributed by atoms with Gasteiger partial charge in [-0.05, 0) is 74.8 Å². The molecule has 7 heterocycles. The molecule has 1 saturated carbocycles.